The van der Waals surface area contributed by atoms with Gasteiger partial charge in [0.25, 0.3) is 0 Å². The second-order valence-electron chi connectivity index (χ2n) is 22.0. The van der Waals surface area contributed by atoms with Gasteiger partial charge in [-0.1, -0.05) is 45.2 Å². The topological polar surface area (TPSA) is 363 Å². The number of aliphatic carboxylic acids is 3. The zero-order chi connectivity index (χ0) is 60.1. The summed E-state index contributed by atoms with van der Waals surface area (Å²) in [6, 6.07) is 3.54. The number of nitrogens with one attached hydrogen (secondary N) is 5. The number of carbonyl (C=O) groups is 13. The average molecular weight is 1130 g/mol. The molecule has 0 aliphatic heterocycles. The van der Waals surface area contributed by atoms with E-state index >= 15 is 0 Å². The summed E-state index contributed by atoms with van der Waals surface area (Å²) in [5.41, 5.74) is -0.770. The first kappa shape index (κ1) is 69.2. The fraction of sp³-hybridized carbons (Fsp3) is 0.672. The molecule has 446 valence electrons. The first-order valence-electron chi connectivity index (χ1n) is 28.1. The number of carboxylic acid groups (broad SMARTS) is 3. The Kier molecular flexibility index (Phi) is 30.9. The monoisotopic (exact) mass is 1130 g/mol. The van der Waals surface area contributed by atoms with Gasteiger partial charge in [0, 0.05) is 95.6 Å². The lowest BCUT2D eigenvalue weighted by molar-refractivity contribution is -0.145. The van der Waals surface area contributed by atoms with Crippen molar-refractivity contribution in [3.63, 3.8) is 0 Å². The van der Waals surface area contributed by atoms with Crippen LogP contribution in [0.2, 0.25) is 0 Å². The number of ketones is 5. The Bertz CT molecular complexity index is 2310. The Labute approximate surface area is 468 Å². The molecule has 0 spiro atoms. The molecule has 22 heteroatoms. The summed E-state index contributed by atoms with van der Waals surface area (Å²) in [7, 11) is 0. The van der Waals surface area contributed by atoms with Gasteiger partial charge in [-0.15, -0.1) is 0 Å². The van der Waals surface area contributed by atoms with Gasteiger partial charge < -0.3 is 47.0 Å². The first-order chi connectivity index (χ1) is 37.6. The normalized spacial score (nSPS) is 16.5. The van der Waals surface area contributed by atoms with Crippen LogP contribution in [-0.4, -0.2) is 127 Å². The van der Waals surface area contributed by atoms with Crippen LogP contribution in [0.3, 0.4) is 0 Å². The predicted molar refractivity (Wildman–Crippen MR) is 292 cm³/mol. The van der Waals surface area contributed by atoms with Crippen molar-refractivity contribution in [3.05, 3.63) is 29.8 Å². The third-order valence-electron chi connectivity index (χ3n) is 14.9. The maximum Gasteiger partial charge on any atom is 0.326 e. The van der Waals surface area contributed by atoms with E-state index in [0.29, 0.717) is 76.3 Å². The van der Waals surface area contributed by atoms with E-state index in [1.165, 1.54) is 39.8 Å². The Hall–Kier alpha value is -6.87. The predicted octanol–water partition coefficient (Wildman–Crippen LogP) is 5.11. The van der Waals surface area contributed by atoms with E-state index < -0.39 is 114 Å². The minimum absolute atomic E-state index is 0.0308. The lowest BCUT2D eigenvalue weighted by Crippen LogP contribution is -2.57. The van der Waals surface area contributed by atoms with Crippen LogP contribution in [0, 0.1) is 35.5 Å². The van der Waals surface area contributed by atoms with Crippen molar-refractivity contribution in [2.75, 3.05) is 13.1 Å². The maximum absolute atomic E-state index is 13.8. The number of Topliss-reactive ketones (excluding diaryl/α,β-unsaturated/α-hetero) is 5. The van der Waals surface area contributed by atoms with Gasteiger partial charge in [-0.3, -0.25) is 57.5 Å². The van der Waals surface area contributed by atoms with Crippen molar-refractivity contribution < 1.29 is 82.8 Å². The number of hydrogen-bond acceptors (Lipinski definition) is 14. The van der Waals surface area contributed by atoms with Crippen molar-refractivity contribution in [3.8, 4) is 5.75 Å². The number of rotatable bonds is 41. The number of phenolic OH excluding ortho intramolecular Hbond substituents is 1. The fourth-order valence-electron chi connectivity index (χ4n) is 9.71. The molecule has 0 aromatic heterocycles. The molecule has 5 amide bonds. The largest absolute Gasteiger partial charge is 0.508 e. The summed E-state index contributed by atoms with van der Waals surface area (Å²) in [6.07, 6.45) is 2.91. The van der Waals surface area contributed by atoms with Crippen LogP contribution in [0.5, 0.6) is 5.75 Å². The van der Waals surface area contributed by atoms with Crippen molar-refractivity contribution in [1.29, 1.82) is 0 Å². The van der Waals surface area contributed by atoms with Crippen LogP contribution in [-0.2, 0) is 68.7 Å². The Morgan fingerprint density at radius 2 is 1.20 bits per heavy atom. The molecule has 0 radical (unpaired) electrons. The van der Waals surface area contributed by atoms with E-state index in [9.17, 15) is 82.8 Å². The molecule has 6 atom stereocenters. The highest BCUT2D eigenvalue weighted by Crippen LogP contribution is 2.31. The molecule has 80 heavy (non-hydrogen) atoms. The standard InChI is InChI=1S/C58H87N5O17/c1-7-9-12-41(33-50(70)58(5,6)63-54(74)47(61-36(4)65)29-37-16-22-44(66)23-17-37)49(69)31-40(35(3)64)13-10-11-28-59-52(72)26-20-42(55(75)76)30-45(67)24-25-46(57(79)80)62-53(73)27-21-43(56(77)78)32-48(68)39-18-14-38(15-19-39)34-60-51(71)8-2/h16-17,22-23,38-43,46-47,66H,7-15,18-21,24-34H2,1-6H3,(H,59,72)(H,60,71)(H,61,65)(H,62,73)(H,63,74)(H,75,76)(H,77,78)(H,79,80)/t38?,39?,40-,41-,42-,43-,46+,47-/m1/s1. The van der Waals surface area contributed by atoms with Crippen molar-refractivity contribution in [2.45, 2.75) is 200 Å². The van der Waals surface area contributed by atoms with Gasteiger partial charge in [-0.2, -0.15) is 0 Å². The SMILES string of the molecule is CCCC[C@H](CC(=O)C(C)(C)NC(=O)[C@@H](Cc1ccc(O)cc1)NC(C)=O)C(=O)C[C@@H](CCCCNC(=O)CC[C@H](CC(=O)CC[C@H](NC(=O)CC[C@H](CC(=O)C1CCC(CNC(=O)CC)CC1)C(=O)O)C(=O)O)C(=O)O)C(C)=O. The highest BCUT2D eigenvalue weighted by molar-refractivity contribution is 5.98. The van der Waals surface area contributed by atoms with Gasteiger partial charge in [0.15, 0.2) is 5.78 Å². The molecule has 1 aliphatic carbocycles. The van der Waals surface area contributed by atoms with Crippen LogP contribution >= 0.6 is 0 Å². The maximum atomic E-state index is 13.8. The molecule has 1 aromatic rings. The molecule has 1 aromatic carbocycles. The molecular formula is C58H87N5O17. The van der Waals surface area contributed by atoms with Gasteiger partial charge in [-0.05, 0) is 109 Å². The van der Waals surface area contributed by atoms with Crippen molar-refractivity contribution in [2.24, 2.45) is 35.5 Å². The summed E-state index contributed by atoms with van der Waals surface area (Å²) in [5, 5.41) is 52.1. The van der Waals surface area contributed by atoms with E-state index in [1.807, 2.05) is 6.92 Å². The number of unbranched alkanes of at least 4 members (excludes halogenated alkanes) is 2. The van der Waals surface area contributed by atoms with E-state index in [-0.39, 0.29) is 98.8 Å². The van der Waals surface area contributed by atoms with Crippen LogP contribution < -0.4 is 26.6 Å². The second-order valence-corrected chi connectivity index (χ2v) is 22.0. The molecule has 9 N–H and O–H groups in total. The third-order valence-corrected chi connectivity index (χ3v) is 14.9. The Morgan fingerprint density at radius 1 is 0.600 bits per heavy atom. The van der Waals surface area contributed by atoms with Gasteiger partial charge in [0.2, 0.25) is 29.5 Å². The van der Waals surface area contributed by atoms with Gasteiger partial charge in [0.1, 0.15) is 41.0 Å². The van der Waals surface area contributed by atoms with Crippen LogP contribution in [0.1, 0.15) is 182 Å². The molecule has 0 heterocycles. The van der Waals surface area contributed by atoms with E-state index in [4.69, 9.17) is 0 Å². The highest BCUT2D eigenvalue weighted by atomic mass is 16.4. The minimum Gasteiger partial charge on any atom is -0.508 e. The van der Waals surface area contributed by atoms with Crippen molar-refractivity contribution >= 4 is 76.4 Å². The summed E-state index contributed by atoms with van der Waals surface area (Å²) < 4.78 is 0. The minimum atomic E-state index is -1.55. The second kappa shape index (κ2) is 35.7. The van der Waals surface area contributed by atoms with Crippen LogP contribution in [0.4, 0.5) is 0 Å². The highest BCUT2D eigenvalue weighted by Gasteiger charge is 2.36. The van der Waals surface area contributed by atoms with Gasteiger partial charge in [-0.25, -0.2) is 4.79 Å². The summed E-state index contributed by atoms with van der Waals surface area (Å²) in [4.78, 5) is 165. The van der Waals surface area contributed by atoms with Gasteiger partial charge >= 0.3 is 17.9 Å². The molecule has 0 bridgehead atoms. The number of amides is 5. The number of carboxylic acids is 3. The molecule has 22 nitrogen and oxygen atoms in total. The molecule has 0 unspecified atom stereocenters. The zero-order valence-electron chi connectivity index (χ0n) is 47.5. The fourth-order valence-corrected chi connectivity index (χ4v) is 9.71. The molecule has 2 rings (SSSR count). The molecule has 1 aliphatic rings. The lowest BCUT2D eigenvalue weighted by atomic mass is 9.78. The Morgan fingerprint density at radius 3 is 1.76 bits per heavy atom. The summed E-state index contributed by atoms with van der Waals surface area (Å²) in [6.45, 7) is 10.0. The third kappa shape index (κ3) is 26.9. The number of aromatic hydroxyl groups is 1. The number of carbonyl (C=O) groups excluding carboxylic acids is 10. The smallest absolute Gasteiger partial charge is 0.326 e. The van der Waals surface area contributed by atoms with E-state index in [0.717, 1.165) is 6.42 Å². The number of benzene rings is 1. The summed E-state index contributed by atoms with van der Waals surface area (Å²) in [5.74, 6) is -12.2. The van der Waals surface area contributed by atoms with E-state index in [2.05, 4.69) is 26.6 Å². The summed E-state index contributed by atoms with van der Waals surface area (Å²) >= 11 is 0. The molecular weight excluding hydrogens is 1040 g/mol. The van der Waals surface area contributed by atoms with Crippen LogP contribution in [0.25, 0.3) is 0 Å². The first-order valence-corrected chi connectivity index (χ1v) is 28.1. The number of phenols is 1. The molecule has 1 fully saturated rings. The average Bonchev–Trinajstić information content (AvgIpc) is 3.39. The number of hydrogen-bond donors (Lipinski definition) is 9. The zero-order valence-corrected chi connectivity index (χ0v) is 47.5. The van der Waals surface area contributed by atoms with Crippen LogP contribution in [0.15, 0.2) is 24.3 Å². The molecule has 0 saturated heterocycles. The van der Waals surface area contributed by atoms with E-state index in [1.54, 1.807) is 19.1 Å². The lowest BCUT2D eigenvalue weighted by Gasteiger charge is -2.29. The van der Waals surface area contributed by atoms with Gasteiger partial charge in [0.05, 0.1) is 17.4 Å². The van der Waals surface area contributed by atoms with Crippen molar-refractivity contribution in [1.82, 2.24) is 26.6 Å². The Balaban J connectivity index is 1.83. The molecule has 1 saturated carbocycles. The quantitative estimate of drug-likeness (QED) is 0.0384.